The van der Waals surface area contributed by atoms with Gasteiger partial charge in [0.25, 0.3) is 0 Å². The van der Waals surface area contributed by atoms with Gasteiger partial charge >= 0.3 is 0 Å². The Hall–Kier alpha value is -2.96. The van der Waals surface area contributed by atoms with Crippen molar-refractivity contribution < 1.29 is 8.42 Å². The molecular weight excluding hydrogens is 346 g/mol. The number of pyridine rings is 1. The zero-order chi connectivity index (χ0) is 18.3. The van der Waals surface area contributed by atoms with Crippen LogP contribution in [0.25, 0.3) is 33.3 Å². The van der Waals surface area contributed by atoms with E-state index in [2.05, 4.69) is 21.7 Å². The van der Waals surface area contributed by atoms with E-state index in [4.69, 9.17) is 5.14 Å². The third-order valence-corrected chi connectivity index (χ3v) is 5.46. The Labute approximate surface area is 151 Å². The van der Waals surface area contributed by atoms with Gasteiger partial charge in [-0.25, -0.2) is 13.6 Å². The van der Waals surface area contributed by atoms with E-state index < -0.39 is 10.0 Å². The molecule has 0 unspecified atom stereocenters. The Morgan fingerprint density at radius 3 is 2.19 bits per heavy atom. The minimum absolute atomic E-state index is 0.102. The Kier molecular flexibility index (Phi) is 3.86. The molecule has 0 aliphatic rings. The second kappa shape index (κ2) is 6.09. The molecule has 0 radical (unpaired) electrons. The number of hydrogen-bond acceptors (Lipinski definition) is 3. The smallest absolute Gasteiger partial charge is 0.238 e. The predicted octanol–water partition coefficient (Wildman–Crippen LogP) is 3.55. The lowest BCUT2D eigenvalue weighted by Gasteiger charge is -2.09. The lowest BCUT2D eigenvalue weighted by atomic mass is 9.99. The van der Waals surface area contributed by atoms with Gasteiger partial charge in [-0.2, -0.15) is 0 Å². The monoisotopic (exact) mass is 363 g/mol. The summed E-state index contributed by atoms with van der Waals surface area (Å²) in [7, 11) is -1.70. The molecule has 0 aliphatic carbocycles. The van der Waals surface area contributed by atoms with Crippen LogP contribution in [0.2, 0.25) is 0 Å². The lowest BCUT2D eigenvalue weighted by molar-refractivity contribution is 0.598. The van der Waals surface area contributed by atoms with E-state index in [1.54, 1.807) is 36.7 Å². The molecular formula is C20H17N3O2S. The molecule has 26 heavy (non-hydrogen) atoms. The molecule has 2 heterocycles. The number of aromatic nitrogens is 2. The molecule has 0 atom stereocenters. The summed E-state index contributed by atoms with van der Waals surface area (Å²) < 4.78 is 25.2. The minimum atomic E-state index is -3.71. The summed E-state index contributed by atoms with van der Waals surface area (Å²) in [5, 5.41) is 6.35. The summed E-state index contributed by atoms with van der Waals surface area (Å²) >= 11 is 0. The van der Waals surface area contributed by atoms with Gasteiger partial charge in [0, 0.05) is 35.9 Å². The first-order valence-electron chi connectivity index (χ1n) is 8.08. The molecule has 2 aromatic heterocycles. The number of benzene rings is 2. The highest BCUT2D eigenvalue weighted by atomic mass is 32.2. The van der Waals surface area contributed by atoms with Crippen molar-refractivity contribution >= 4 is 20.9 Å². The van der Waals surface area contributed by atoms with Crippen molar-refractivity contribution in [2.45, 2.75) is 4.90 Å². The summed E-state index contributed by atoms with van der Waals surface area (Å²) in [6.07, 6.45) is 3.54. The fourth-order valence-corrected chi connectivity index (χ4v) is 3.86. The Morgan fingerprint density at radius 2 is 1.54 bits per heavy atom. The van der Waals surface area contributed by atoms with Crippen molar-refractivity contribution in [2.24, 2.45) is 12.2 Å². The molecule has 0 fully saturated rings. The maximum atomic E-state index is 11.5. The number of hydrogen-bond donors (Lipinski definition) is 1. The highest BCUT2D eigenvalue weighted by molar-refractivity contribution is 7.89. The number of aryl methyl sites for hydroxylation is 1. The molecule has 2 N–H and O–H groups in total. The van der Waals surface area contributed by atoms with Crippen LogP contribution in [-0.2, 0) is 17.1 Å². The van der Waals surface area contributed by atoms with Crippen LogP contribution < -0.4 is 5.14 Å². The van der Waals surface area contributed by atoms with E-state index in [-0.39, 0.29) is 4.90 Å². The van der Waals surface area contributed by atoms with Gasteiger partial charge in [-0.3, -0.25) is 4.98 Å². The van der Waals surface area contributed by atoms with Gasteiger partial charge < -0.3 is 4.57 Å². The zero-order valence-electron chi connectivity index (χ0n) is 14.1. The normalized spacial score (nSPS) is 11.8. The molecule has 0 saturated heterocycles. The average Bonchev–Trinajstić information content (AvgIpc) is 2.95. The van der Waals surface area contributed by atoms with E-state index in [0.29, 0.717) is 0 Å². The van der Waals surface area contributed by atoms with Gasteiger partial charge in [0.2, 0.25) is 10.0 Å². The van der Waals surface area contributed by atoms with Crippen LogP contribution in [0.3, 0.4) is 0 Å². The number of para-hydroxylation sites is 1. The zero-order valence-corrected chi connectivity index (χ0v) is 14.9. The molecule has 0 saturated carbocycles. The number of nitrogens with zero attached hydrogens (tertiary/aromatic N) is 2. The molecule has 6 heteroatoms. The lowest BCUT2D eigenvalue weighted by Crippen LogP contribution is -2.11. The van der Waals surface area contributed by atoms with E-state index in [1.165, 1.54) is 0 Å². The molecule has 5 nitrogen and oxygen atoms in total. The van der Waals surface area contributed by atoms with Crippen molar-refractivity contribution in [3.05, 3.63) is 73.1 Å². The molecule has 4 aromatic rings. The molecule has 130 valence electrons. The van der Waals surface area contributed by atoms with Crippen molar-refractivity contribution in [2.75, 3.05) is 0 Å². The van der Waals surface area contributed by atoms with E-state index in [1.807, 2.05) is 31.3 Å². The first-order chi connectivity index (χ1) is 12.5. The second-order valence-electron chi connectivity index (χ2n) is 6.11. The standard InChI is InChI=1S/C20H17N3O2S/c1-23-18-5-3-2-4-17(18)19(14-10-12-22-13-11-14)20(23)15-6-8-16(9-7-15)26(21,24)25/h2-13H,1H3,(H2,21,24,25). The summed E-state index contributed by atoms with van der Waals surface area (Å²) in [6.45, 7) is 0. The van der Waals surface area contributed by atoms with Gasteiger partial charge in [0.1, 0.15) is 0 Å². The topological polar surface area (TPSA) is 78.0 Å². The van der Waals surface area contributed by atoms with Gasteiger partial charge in [0.05, 0.1) is 10.6 Å². The summed E-state index contributed by atoms with van der Waals surface area (Å²) in [6, 6.07) is 18.8. The highest BCUT2D eigenvalue weighted by Gasteiger charge is 2.18. The number of rotatable bonds is 3. The predicted molar refractivity (Wildman–Crippen MR) is 103 cm³/mol. The SMILES string of the molecule is Cn1c(-c2ccc(S(N)(=O)=O)cc2)c(-c2ccncc2)c2ccccc21. The maximum absolute atomic E-state index is 11.5. The molecule has 0 aliphatic heterocycles. The van der Waals surface area contributed by atoms with Crippen LogP contribution >= 0.6 is 0 Å². The van der Waals surface area contributed by atoms with Gasteiger partial charge in [-0.1, -0.05) is 30.3 Å². The Morgan fingerprint density at radius 1 is 0.885 bits per heavy atom. The van der Waals surface area contributed by atoms with Gasteiger partial charge in [-0.05, 0) is 41.5 Å². The van der Waals surface area contributed by atoms with Crippen molar-refractivity contribution in [1.82, 2.24) is 9.55 Å². The molecule has 2 aromatic carbocycles. The van der Waals surface area contributed by atoms with Crippen molar-refractivity contribution in [3.8, 4) is 22.4 Å². The maximum Gasteiger partial charge on any atom is 0.238 e. The summed E-state index contributed by atoms with van der Waals surface area (Å²) in [4.78, 5) is 4.21. The van der Waals surface area contributed by atoms with E-state index >= 15 is 0 Å². The third-order valence-electron chi connectivity index (χ3n) is 4.53. The minimum Gasteiger partial charge on any atom is -0.343 e. The Balaban J connectivity index is 2.02. The van der Waals surface area contributed by atoms with Gasteiger partial charge in [-0.15, -0.1) is 0 Å². The van der Waals surface area contributed by atoms with Crippen LogP contribution in [-0.4, -0.2) is 18.0 Å². The third kappa shape index (κ3) is 2.69. The first kappa shape index (κ1) is 16.5. The fourth-order valence-electron chi connectivity index (χ4n) is 3.34. The van der Waals surface area contributed by atoms with Gasteiger partial charge in [0.15, 0.2) is 0 Å². The van der Waals surface area contributed by atoms with E-state index in [0.717, 1.165) is 33.3 Å². The summed E-state index contributed by atoms with van der Waals surface area (Å²) in [5.41, 5.74) is 5.18. The van der Waals surface area contributed by atoms with Crippen molar-refractivity contribution in [3.63, 3.8) is 0 Å². The second-order valence-corrected chi connectivity index (χ2v) is 7.67. The number of fused-ring (bicyclic) bond motifs is 1. The molecule has 0 bridgehead atoms. The summed E-state index contributed by atoms with van der Waals surface area (Å²) in [5.74, 6) is 0. The fraction of sp³-hybridized carbons (Fsp3) is 0.0500. The molecule has 0 amide bonds. The van der Waals surface area contributed by atoms with Crippen LogP contribution in [0.5, 0.6) is 0 Å². The average molecular weight is 363 g/mol. The largest absolute Gasteiger partial charge is 0.343 e. The number of primary sulfonamides is 1. The molecule has 0 spiro atoms. The number of nitrogens with two attached hydrogens (primary N) is 1. The highest BCUT2D eigenvalue weighted by Crippen LogP contribution is 2.40. The van der Waals surface area contributed by atoms with Crippen LogP contribution in [0.4, 0.5) is 0 Å². The van der Waals surface area contributed by atoms with Crippen LogP contribution in [0.15, 0.2) is 78.0 Å². The van der Waals surface area contributed by atoms with Crippen LogP contribution in [0, 0.1) is 0 Å². The number of sulfonamides is 1. The molecule has 4 rings (SSSR count). The first-order valence-corrected chi connectivity index (χ1v) is 9.62. The van der Waals surface area contributed by atoms with Crippen molar-refractivity contribution in [1.29, 1.82) is 0 Å². The quantitative estimate of drug-likeness (QED) is 0.604. The van der Waals surface area contributed by atoms with E-state index in [9.17, 15) is 8.42 Å². The Bertz CT molecular complexity index is 1200. The van der Waals surface area contributed by atoms with Crippen LogP contribution in [0.1, 0.15) is 0 Å².